The highest BCUT2D eigenvalue weighted by molar-refractivity contribution is 5.80. The zero-order valence-electron chi connectivity index (χ0n) is 13.0. The van der Waals surface area contributed by atoms with Gasteiger partial charge in [-0.15, -0.1) is 4.98 Å². The molecule has 0 aromatic carbocycles. The van der Waals surface area contributed by atoms with Crippen LogP contribution < -0.4 is 14.4 Å². The summed E-state index contributed by atoms with van der Waals surface area (Å²) in [7, 11) is 3.00. The van der Waals surface area contributed by atoms with Crippen LogP contribution in [0.1, 0.15) is 19.3 Å². The molecule has 2 aliphatic heterocycles. The van der Waals surface area contributed by atoms with E-state index in [2.05, 4.69) is 15.0 Å². The third-order valence-corrected chi connectivity index (χ3v) is 4.19. The van der Waals surface area contributed by atoms with E-state index in [1.54, 1.807) is 0 Å². The summed E-state index contributed by atoms with van der Waals surface area (Å²) in [6.45, 7) is 3.16. The predicted molar refractivity (Wildman–Crippen MR) is 79.1 cm³/mol. The van der Waals surface area contributed by atoms with Gasteiger partial charge in [0.25, 0.3) is 0 Å². The molecule has 2 fully saturated rings. The van der Waals surface area contributed by atoms with Crippen LogP contribution in [0.2, 0.25) is 0 Å². The molecule has 0 radical (unpaired) electrons. The second kappa shape index (κ2) is 6.33. The maximum absolute atomic E-state index is 12.5. The molecule has 1 aromatic rings. The van der Waals surface area contributed by atoms with E-state index in [0.717, 1.165) is 38.9 Å². The lowest BCUT2D eigenvalue weighted by atomic mass is 10.1. The van der Waals surface area contributed by atoms with Crippen LogP contribution in [0.5, 0.6) is 12.0 Å². The smallest absolute Gasteiger partial charge is 0.324 e. The number of likely N-dealkylation sites (tertiary alicyclic amines) is 1. The number of hydrogen-bond donors (Lipinski definition) is 0. The molecule has 0 N–H and O–H groups in total. The fourth-order valence-electron chi connectivity index (χ4n) is 2.99. The van der Waals surface area contributed by atoms with Gasteiger partial charge in [0.1, 0.15) is 0 Å². The van der Waals surface area contributed by atoms with E-state index in [1.165, 1.54) is 14.2 Å². The fraction of sp³-hybridized carbons (Fsp3) is 0.714. The zero-order chi connectivity index (χ0) is 15.5. The molecule has 1 unspecified atom stereocenters. The molecule has 8 nitrogen and oxygen atoms in total. The van der Waals surface area contributed by atoms with E-state index in [4.69, 9.17) is 9.47 Å². The minimum atomic E-state index is 0.0202. The molecule has 3 heterocycles. The molecule has 22 heavy (non-hydrogen) atoms. The summed E-state index contributed by atoms with van der Waals surface area (Å²) in [5.41, 5.74) is 0. The van der Waals surface area contributed by atoms with Crippen molar-refractivity contribution in [3.8, 4) is 12.0 Å². The monoisotopic (exact) mass is 307 g/mol. The lowest BCUT2D eigenvalue weighted by molar-refractivity contribution is -0.133. The minimum Gasteiger partial charge on any atom is -0.467 e. The van der Waals surface area contributed by atoms with E-state index >= 15 is 0 Å². The summed E-state index contributed by atoms with van der Waals surface area (Å²) in [6, 6.07) is 0.437. The SMILES string of the molecule is COc1nc(OC)nc(N2CCC(C(=O)N3CCCC3)C2)n1. The number of aromatic nitrogens is 3. The van der Waals surface area contributed by atoms with Crippen molar-refractivity contribution in [2.45, 2.75) is 19.3 Å². The highest BCUT2D eigenvalue weighted by atomic mass is 16.5. The Kier molecular flexibility index (Phi) is 4.26. The van der Waals surface area contributed by atoms with Gasteiger partial charge in [0.2, 0.25) is 11.9 Å². The molecule has 0 bridgehead atoms. The Bertz CT molecular complexity index is 525. The van der Waals surface area contributed by atoms with Gasteiger partial charge in [-0.25, -0.2) is 0 Å². The molecule has 1 aromatic heterocycles. The average Bonchev–Trinajstić information content (AvgIpc) is 3.25. The highest BCUT2D eigenvalue weighted by Crippen LogP contribution is 2.25. The second-order valence-electron chi connectivity index (χ2n) is 5.57. The van der Waals surface area contributed by atoms with Gasteiger partial charge in [0, 0.05) is 26.2 Å². The van der Waals surface area contributed by atoms with Crippen LogP contribution in [0, 0.1) is 5.92 Å². The third kappa shape index (κ3) is 2.90. The van der Waals surface area contributed by atoms with Crippen molar-refractivity contribution < 1.29 is 14.3 Å². The summed E-state index contributed by atoms with van der Waals surface area (Å²) in [4.78, 5) is 28.9. The van der Waals surface area contributed by atoms with E-state index in [0.29, 0.717) is 12.5 Å². The Labute approximate surface area is 129 Å². The number of rotatable bonds is 4. The van der Waals surface area contributed by atoms with Gasteiger partial charge >= 0.3 is 12.0 Å². The molecular formula is C14H21N5O3. The maximum Gasteiger partial charge on any atom is 0.324 e. The highest BCUT2D eigenvalue weighted by Gasteiger charge is 2.33. The summed E-state index contributed by atoms with van der Waals surface area (Å²) in [5.74, 6) is 0.778. The van der Waals surface area contributed by atoms with Crippen molar-refractivity contribution in [1.29, 1.82) is 0 Å². The molecule has 1 amide bonds. The van der Waals surface area contributed by atoms with Gasteiger partial charge in [0.15, 0.2) is 0 Å². The first-order valence-corrected chi connectivity index (χ1v) is 7.59. The standard InChI is InChI=1S/C14H21N5O3/c1-21-13-15-12(16-14(17-13)22-2)19-8-5-10(9-19)11(20)18-6-3-4-7-18/h10H,3-9H2,1-2H3. The van der Waals surface area contributed by atoms with Crippen molar-refractivity contribution in [2.75, 3.05) is 45.3 Å². The number of nitrogens with zero attached hydrogens (tertiary/aromatic N) is 5. The van der Waals surface area contributed by atoms with E-state index in [-0.39, 0.29) is 23.8 Å². The molecule has 3 rings (SSSR count). The van der Waals surface area contributed by atoms with Crippen LogP contribution in [0.25, 0.3) is 0 Å². The number of carbonyl (C=O) groups excluding carboxylic acids is 1. The van der Waals surface area contributed by atoms with Gasteiger partial charge in [-0.05, 0) is 19.3 Å². The normalized spacial score (nSPS) is 21.3. The van der Waals surface area contributed by atoms with Gasteiger partial charge in [-0.2, -0.15) is 9.97 Å². The van der Waals surface area contributed by atoms with Crippen molar-refractivity contribution in [3.05, 3.63) is 0 Å². The molecular weight excluding hydrogens is 286 g/mol. The van der Waals surface area contributed by atoms with Crippen molar-refractivity contribution in [1.82, 2.24) is 19.9 Å². The number of hydrogen-bond acceptors (Lipinski definition) is 7. The summed E-state index contributed by atoms with van der Waals surface area (Å²) < 4.78 is 10.1. The van der Waals surface area contributed by atoms with Crippen LogP contribution in [-0.2, 0) is 4.79 Å². The molecule has 8 heteroatoms. The minimum absolute atomic E-state index is 0.0202. The predicted octanol–water partition coefficient (Wildman–Crippen LogP) is 0.337. The molecule has 2 aliphatic rings. The van der Waals surface area contributed by atoms with E-state index in [9.17, 15) is 4.79 Å². The first-order chi connectivity index (χ1) is 10.7. The lowest BCUT2D eigenvalue weighted by Crippen LogP contribution is -2.35. The maximum atomic E-state index is 12.5. The van der Waals surface area contributed by atoms with E-state index in [1.807, 2.05) is 9.80 Å². The number of ether oxygens (including phenoxy) is 2. The Morgan fingerprint density at radius 1 is 1.05 bits per heavy atom. The van der Waals surface area contributed by atoms with Gasteiger partial charge in [-0.3, -0.25) is 4.79 Å². The van der Waals surface area contributed by atoms with Crippen molar-refractivity contribution in [2.24, 2.45) is 5.92 Å². The van der Waals surface area contributed by atoms with E-state index < -0.39 is 0 Å². The Morgan fingerprint density at radius 2 is 1.68 bits per heavy atom. The van der Waals surface area contributed by atoms with Gasteiger partial charge in [-0.1, -0.05) is 0 Å². The largest absolute Gasteiger partial charge is 0.467 e. The molecule has 0 saturated carbocycles. The van der Waals surface area contributed by atoms with Crippen molar-refractivity contribution in [3.63, 3.8) is 0 Å². The van der Waals surface area contributed by atoms with Crippen LogP contribution in [0.15, 0.2) is 0 Å². The summed E-state index contributed by atoms with van der Waals surface area (Å²) in [5, 5.41) is 0. The molecule has 120 valence electrons. The van der Waals surface area contributed by atoms with Crippen LogP contribution in [-0.4, -0.2) is 66.2 Å². The van der Waals surface area contributed by atoms with Gasteiger partial charge in [0.05, 0.1) is 20.1 Å². The zero-order valence-corrected chi connectivity index (χ0v) is 13.0. The first kappa shape index (κ1) is 14.8. The molecule has 2 saturated heterocycles. The van der Waals surface area contributed by atoms with Crippen LogP contribution in [0.4, 0.5) is 5.95 Å². The Balaban J connectivity index is 1.70. The number of methoxy groups -OCH3 is 2. The molecule has 0 spiro atoms. The second-order valence-corrected chi connectivity index (χ2v) is 5.57. The molecule has 0 aliphatic carbocycles. The van der Waals surface area contributed by atoms with Crippen molar-refractivity contribution >= 4 is 11.9 Å². The molecule has 1 atom stereocenters. The number of carbonyl (C=O) groups is 1. The number of amides is 1. The topological polar surface area (TPSA) is 80.7 Å². The third-order valence-electron chi connectivity index (χ3n) is 4.19. The Hall–Kier alpha value is -2.12. The van der Waals surface area contributed by atoms with Gasteiger partial charge < -0.3 is 19.3 Å². The van der Waals surface area contributed by atoms with Crippen LogP contribution >= 0.6 is 0 Å². The summed E-state index contributed by atoms with van der Waals surface area (Å²) >= 11 is 0. The fourth-order valence-corrected chi connectivity index (χ4v) is 2.99. The number of anilines is 1. The lowest BCUT2D eigenvalue weighted by Gasteiger charge is -2.20. The average molecular weight is 307 g/mol. The quantitative estimate of drug-likeness (QED) is 0.793. The Morgan fingerprint density at radius 3 is 2.27 bits per heavy atom. The van der Waals surface area contributed by atoms with Crippen LogP contribution in [0.3, 0.4) is 0 Å². The first-order valence-electron chi connectivity index (χ1n) is 7.59. The summed E-state index contributed by atoms with van der Waals surface area (Å²) in [6.07, 6.45) is 3.06.